The van der Waals surface area contributed by atoms with Gasteiger partial charge in [0.25, 0.3) is 5.56 Å². The lowest BCUT2D eigenvalue weighted by molar-refractivity contribution is -0.122. The molecule has 1 aromatic carbocycles. The third-order valence-corrected chi connectivity index (χ3v) is 4.48. The molecule has 0 aliphatic heterocycles. The number of halogens is 1. The Bertz CT molecular complexity index is 1050. The maximum atomic E-state index is 13.4. The van der Waals surface area contributed by atoms with Crippen molar-refractivity contribution in [3.63, 3.8) is 0 Å². The third-order valence-electron chi connectivity index (χ3n) is 4.48. The van der Waals surface area contributed by atoms with Gasteiger partial charge in [-0.05, 0) is 39.0 Å². The quantitative estimate of drug-likeness (QED) is 0.771. The summed E-state index contributed by atoms with van der Waals surface area (Å²) >= 11 is 0. The number of rotatable bonds is 4. The summed E-state index contributed by atoms with van der Waals surface area (Å²) in [5.74, 6) is -0.852. The smallest absolute Gasteiger partial charge is 0.261 e. The molecule has 136 valence electrons. The van der Waals surface area contributed by atoms with Crippen molar-refractivity contribution in [2.24, 2.45) is 7.05 Å². The predicted molar refractivity (Wildman–Crippen MR) is 95.2 cm³/mol. The van der Waals surface area contributed by atoms with Gasteiger partial charge >= 0.3 is 0 Å². The Hall–Kier alpha value is -3.03. The van der Waals surface area contributed by atoms with Gasteiger partial charge in [0.05, 0.1) is 29.0 Å². The van der Waals surface area contributed by atoms with E-state index in [2.05, 4.69) is 15.4 Å². The van der Waals surface area contributed by atoms with Gasteiger partial charge < -0.3 is 5.32 Å². The van der Waals surface area contributed by atoms with Crippen molar-refractivity contribution >= 4 is 16.8 Å². The van der Waals surface area contributed by atoms with Gasteiger partial charge in [-0.1, -0.05) is 0 Å². The fraction of sp³-hybridized carbons (Fsp3) is 0.333. The molecule has 1 amide bonds. The summed E-state index contributed by atoms with van der Waals surface area (Å²) in [5.41, 5.74) is 2.70. The second kappa shape index (κ2) is 6.70. The number of hydrogen-bond donors (Lipinski definition) is 1. The molecule has 3 rings (SSSR count). The second-order valence-electron chi connectivity index (χ2n) is 6.34. The SMILES string of the molecule is Cc1nn(C)c(C)c1C(C)NC(=O)Cn1cnc2ccc(F)cc2c1=O. The minimum atomic E-state index is -0.519. The Morgan fingerprint density at radius 3 is 2.73 bits per heavy atom. The van der Waals surface area contributed by atoms with Crippen molar-refractivity contribution < 1.29 is 9.18 Å². The van der Waals surface area contributed by atoms with Gasteiger partial charge in [-0.25, -0.2) is 9.37 Å². The molecule has 2 heterocycles. The highest BCUT2D eigenvalue weighted by molar-refractivity contribution is 5.79. The molecule has 0 saturated heterocycles. The zero-order valence-corrected chi connectivity index (χ0v) is 15.1. The highest BCUT2D eigenvalue weighted by Crippen LogP contribution is 2.20. The van der Waals surface area contributed by atoms with Crippen LogP contribution in [-0.4, -0.2) is 25.2 Å². The molecule has 1 atom stereocenters. The molecular formula is C18H20FN5O2. The van der Waals surface area contributed by atoms with E-state index in [-0.39, 0.29) is 23.9 Å². The van der Waals surface area contributed by atoms with Crippen LogP contribution in [0.5, 0.6) is 0 Å². The van der Waals surface area contributed by atoms with Crippen LogP contribution in [0.25, 0.3) is 10.9 Å². The predicted octanol–water partition coefficient (Wildman–Crippen LogP) is 1.76. The summed E-state index contributed by atoms with van der Waals surface area (Å²) in [6.45, 7) is 5.49. The first-order valence-corrected chi connectivity index (χ1v) is 8.22. The molecule has 8 heteroatoms. The van der Waals surface area contributed by atoms with Crippen molar-refractivity contribution in [3.8, 4) is 0 Å². The fourth-order valence-corrected chi connectivity index (χ4v) is 3.17. The molecule has 2 aromatic heterocycles. The molecule has 1 unspecified atom stereocenters. The maximum Gasteiger partial charge on any atom is 0.261 e. The van der Waals surface area contributed by atoms with Gasteiger partial charge in [0, 0.05) is 18.3 Å². The molecule has 0 spiro atoms. The number of aryl methyl sites for hydroxylation is 2. The van der Waals surface area contributed by atoms with E-state index < -0.39 is 11.4 Å². The minimum absolute atomic E-state index is 0.146. The van der Waals surface area contributed by atoms with E-state index in [1.54, 1.807) is 4.68 Å². The normalized spacial score (nSPS) is 12.3. The molecule has 0 fully saturated rings. The van der Waals surface area contributed by atoms with Gasteiger partial charge in [-0.3, -0.25) is 18.8 Å². The van der Waals surface area contributed by atoms with Crippen LogP contribution in [-0.2, 0) is 18.4 Å². The average Bonchev–Trinajstić information content (AvgIpc) is 2.83. The molecule has 1 N–H and O–H groups in total. The molecule has 26 heavy (non-hydrogen) atoms. The first-order chi connectivity index (χ1) is 12.3. The van der Waals surface area contributed by atoms with Crippen molar-refractivity contribution in [2.45, 2.75) is 33.4 Å². The minimum Gasteiger partial charge on any atom is -0.348 e. The first-order valence-electron chi connectivity index (χ1n) is 8.22. The van der Waals surface area contributed by atoms with E-state index in [0.717, 1.165) is 23.0 Å². The number of aromatic nitrogens is 4. The van der Waals surface area contributed by atoms with Crippen molar-refractivity contribution in [2.75, 3.05) is 0 Å². The van der Waals surface area contributed by atoms with Crippen molar-refractivity contribution in [1.82, 2.24) is 24.6 Å². The number of carbonyl (C=O) groups is 1. The van der Waals surface area contributed by atoms with Crippen LogP contribution in [0.4, 0.5) is 4.39 Å². The Morgan fingerprint density at radius 1 is 1.35 bits per heavy atom. The summed E-state index contributed by atoms with van der Waals surface area (Å²) in [6, 6.07) is 3.56. The summed E-state index contributed by atoms with van der Waals surface area (Å²) in [4.78, 5) is 28.9. The van der Waals surface area contributed by atoms with E-state index in [4.69, 9.17) is 0 Å². The number of carbonyl (C=O) groups excluding carboxylic acids is 1. The number of fused-ring (bicyclic) bond motifs is 1. The number of benzene rings is 1. The number of nitrogens with one attached hydrogen (secondary N) is 1. The van der Waals surface area contributed by atoms with Gasteiger partial charge in [-0.15, -0.1) is 0 Å². The Kier molecular flexibility index (Phi) is 4.58. The lowest BCUT2D eigenvalue weighted by Gasteiger charge is -2.15. The third kappa shape index (κ3) is 3.22. The molecule has 3 aromatic rings. The van der Waals surface area contributed by atoms with Gasteiger partial charge in [0.1, 0.15) is 12.4 Å². The summed E-state index contributed by atoms with van der Waals surface area (Å²) < 4.78 is 16.3. The monoisotopic (exact) mass is 357 g/mol. The molecule has 0 aliphatic carbocycles. The number of nitrogens with zero attached hydrogens (tertiary/aromatic N) is 4. The molecule has 0 bridgehead atoms. The fourth-order valence-electron chi connectivity index (χ4n) is 3.17. The molecule has 0 radical (unpaired) electrons. The molecule has 0 saturated carbocycles. The lowest BCUT2D eigenvalue weighted by atomic mass is 10.1. The van der Waals surface area contributed by atoms with Crippen LogP contribution in [0, 0.1) is 19.7 Å². The standard InChI is InChI=1S/C18H20FN5O2/c1-10(17-11(2)22-23(4)12(17)3)21-16(25)8-24-9-20-15-6-5-13(19)7-14(15)18(24)26/h5-7,9-10H,8H2,1-4H3,(H,21,25). The topological polar surface area (TPSA) is 81.8 Å². The zero-order chi connectivity index (χ0) is 19.0. The van der Waals surface area contributed by atoms with E-state index >= 15 is 0 Å². The van der Waals surface area contributed by atoms with Crippen LogP contribution in [0.3, 0.4) is 0 Å². The van der Waals surface area contributed by atoms with Crippen LogP contribution >= 0.6 is 0 Å². The largest absolute Gasteiger partial charge is 0.348 e. The zero-order valence-electron chi connectivity index (χ0n) is 15.1. The van der Waals surface area contributed by atoms with Crippen LogP contribution in [0.2, 0.25) is 0 Å². The van der Waals surface area contributed by atoms with Gasteiger partial charge in [0.2, 0.25) is 5.91 Å². The van der Waals surface area contributed by atoms with Crippen LogP contribution in [0.15, 0.2) is 29.3 Å². The molecule has 0 aliphatic rings. The van der Waals surface area contributed by atoms with Crippen molar-refractivity contribution in [3.05, 3.63) is 57.6 Å². The molecular weight excluding hydrogens is 337 g/mol. The van der Waals surface area contributed by atoms with Gasteiger partial charge in [-0.2, -0.15) is 5.10 Å². The maximum absolute atomic E-state index is 13.4. The van der Waals surface area contributed by atoms with Crippen LogP contribution < -0.4 is 10.9 Å². The van der Waals surface area contributed by atoms with Crippen LogP contribution in [0.1, 0.15) is 29.9 Å². The van der Waals surface area contributed by atoms with Gasteiger partial charge in [0.15, 0.2) is 0 Å². The van der Waals surface area contributed by atoms with Crippen molar-refractivity contribution in [1.29, 1.82) is 0 Å². The number of hydrogen-bond acceptors (Lipinski definition) is 4. The number of amides is 1. The highest BCUT2D eigenvalue weighted by atomic mass is 19.1. The average molecular weight is 357 g/mol. The Morgan fingerprint density at radius 2 is 2.08 bits per heavy atom. The summed E-state index contributed by atoms with van der Waals surface area (Å²) in [5, 5.41) is 7.36. The van der Waals surface area contributed by atoms with E-state index in [1.807, 2.05) is 27.8 Å². The Labute approximate surface area is 149 Å². The van der Waals surface area contributed by atoms with E-state index in [0.29, 0.717) is 5.52 Å². The highest BCUT2D eigenvalue weighted by Gasteiger charge is 2.18. The first kappa shape index (κ1) is 17.8. The van der Waals surface area contributed by atoms with E-state index in [1.165, 1.54) is 23.0 Å². The Balaban J connectivity index is 1.81. The molecule has 7 nitrogen and oxygen atoms in total. The second-order valence-corrected chi connectivity index (χ2v) is 6.34. The summed E-state index contributed by atoms with van der Waals surface area (Å²) in [6.07, 6.45) is 1.30. The van der Waals surface area contributed by atoms with E-state index in [9.17, 15) is 14.0 Å². The summed E-state index contributed by atoms with van der Waals surface area (Å²) in [7, 11) is 1.85. The lowest BCUT2D eigenvalue weighted by Crippen LogP contribution is -2.34.